The number of ether oxygens (including phenoxy) is 2. The first kappa shape index (κ1) is 20.1. The van der Waals surface area contributed by atoms with Crippen LogP contribution in [0.5, 0.6) is 11.5 Å². The summed E-state index contributed by atoms with van der Waals surface area (Å²) in [4.78, 5) is 14.3. The van der Waals surface area contributed by atoms with Crippen LogP contribution in [0.15, 0.2) is 45.8 Å². The second-order valence-electron chi connectivity index (χ2n) is 6.63. The monoisotopic (exact) mass is 484 g/mol. The largest absolute Gasteiger partial charge is 0.486 e. The van der Waals surface area contributed by atoms with Gasteiger partial charge in [-0.1, -0.05) is 0 Å². The Kier molecular flexibility index (Phi) is 5.50. The molecule has 0 aromatic heterocycles. The molecule has 0 unspecified atom stereocenters. The molecule has 0 aliphatic carbocycles. The smallest absolute Gasteiger partial charge is 0.255 e. The van der Waals surface area contributed by atoms with Crippen molar-refractivity contribution in [2.24, 2.45) is 0 Å². The van der Waals surface area contributed by atoms with Gasteiger partial charge in [0, 0.05) is 36.7 Å². The standard InChI is InChI=1S/C19H18BrFN2O5S/c20-16-3-1-13(21)11-15(16)19(24)22-5-7-23(8-6-22)29(25,26)14-2-4-17-18(12-14)28-10-9-27-17/h1-4,11-12H,5-10H2. The molecule has 1 saturated heterocycles. The van der Waals surface area contributed by atoms with Gasteiger partial charge in [-0.3, -0.25) is 4.79 Å². The molecule has 1 amide bonds. The van der Waals surface area contributed by atoms with Crippen LogP contribution in [-0.4, -0.2) is 62.9 Å². The van der Waals surface area contributed by atoms with E-state index in [1.165, 1.54) is 39.5 Å². The Morgan fingerprint density at radius 2 is 1.66 bits per heavy atom. The van der Waals surface area contributed by atoms with E-state index in [4.69, 9.17) is 9.47 Å². The van der Waals surface area contributed by atoms with E-state index in [1.54, 1.807) is 6.07 Å². The summed E-state index contributed by atoms with van der Waals surface area (Å²) >= 11 is 3.26. The number of halogens is 2. The molecule has 154 valence electrons. The number of fused-ring (bicyclic) bond motifs is 1. The molecule has 2 aromatic rings. The maximum Gasteiger partial charge on any atom is 0.255 e. The van der Waals surface area contributed by atoms with Crippen molar-refractivity contribution in [2.75, 3.05) is 39.4 Å². The van der Waals surface area contributed by atoms with Gasteiger partial charge in [0.15, 0.2) is 11.5 Å². The van der Waals surface area contributed by atoms with Crippen molar-refractivity contribution in [3.8, 4) is 11.5 Å². The molecule has 2 aliphatic rings. The summed E-state index contributed by atoms with van der Waals surface area (Å²) in [7, 11) is -3.73. The van der Waals surface area contributed by atoms with Gasteiger partial charge in [-0.25, -0.2) is 12.8 Å². The van der Waals surface area contributed by atoms with Gasteiger partial charge in [0.05, 0.1) is 10.5 Å². The summed E-state index contributed by atoms with van der Waals surface area (Å²) in [5.74, 6) is 0.0810. The van der Waals surface area contributed by atoms with Crippen molar-refractivity contribution >= 4 is 31.9 Å². The van der Waals surface area contributed by atoms with Gasteiger partial charge < -0.3 is 14.4 Å². The van der Waals surface area contributed by atoms with E-state index < -0.39 is 15.8 Å². The third-order valence-electron chi connectivity index (χ3n) is 4.84. The number of amides is 1. The van der Waals surface area contributed by atoms with Gasteiger partial charge in [0.1, 0.15) is 19.0 Å². The minimum Gasteiger partial charge on any atom is -0.486 e. The molecule has 0 atom stereocenters. The third-order valence-corrected chi connectivity index (χ3v) is 7.42. The molecular formula is C19H18BrFN2O5S. The molecule has 10 heteroatoms. The number of carbonyl (C=O) groups excluding carboxylic acids is 1. The first-order valence-corrected chi connectivity index (χ1v) is 11.2. The minimum absolute atomic E-state index is 0.120. The van der Waals surface area contributed by atoms with Crippen LogP contribution in [0.2, 0.25) is 0 Å². The Morgan fingerprint density at radius 1 is 0.966 bits per heavy atom. The number of hydrogen-bond acceptors (Lipinski definition) is 5. The molecule has 4 rings (SSSR count). The number of sulfonamides is 1. The van der Waals surface area contributed by atoms with Gasteiger partial charge in [-0.05, 0) is 46.3 Å². The molecule has 2 aliphatic heterocycles. The average Bonchev–Trinajstić information content (AvgIpc) is 2.74. The third kappa shape index (κ3) is 3.96. The van der Waals surface area contributed by atoms with Crippen molar-refractivity contribution < 1.29 is 27.1 Å². The summed E-state index contributed by atoms with van der Waals surface area (Å²) in [6, 6.07) is 8.45. The molecule has 0 saturated carbocycles. The summed E-state index contributed by atoms with van der Waals surface area (Å²) in [5, 5.41) is 0. The second-order valence-corrected chi connectivity index (χ2v) is 9.42. The fourth-order valence-electron chi connectivity index (χ4n) is 3.30. The number of benzene rings is 2. The van der Waals surface area contributed by atoms with E-state index in [2.05, 4.69) is 15.9 Å². The van der Waals surface area contributed by atoms with Crippen LogP contribution in [0, 0.1) is 5.82 Å². The van der Waals surface area contributed by atoms with Gasteiger partial charge in [0.2, 0.25) is 10.0 Å². The number of piperazine rings is 1. The Morgan fingerprint density at radius 3 is 2.38 bits per heavy atom. The number of carbonyl (C=O) groups is 1. The van der Waals surface area contributed by atoms with Crippen molar-refractivity contribution in [1.82, 2.24) is 9.21 Å². The van der Waals surface area contributed by atoms with E-state index in [0.717, 1.165) is 0 Å². The first-order chi connectivity index (χ1) is 13.9. The molecule has 2 heterocycles. The highest BCUT2D eigenvalue weighted by molar-refractivity contribution is 9.10. The van der Waals surface area contributed by atoms with Crippen LogP contribution in [0.3, 0.4) is 0 Å². The van der Waals surface area contributed by atoms with Crippen LogP contribution in [0.1, 0.15) is 10.4 Å². The van der Waals surface area contributed by atoms with E-state index >= 15 is 0 Å². The Balaban J connectivity index is 1.47. The Bertz CT molecular complexity index is 1050. The highest BCUT2D eigenvalue weighted by Gasteiger charge is 2.32. The van der Waals surface area contributed by atoms with Crippen LogP contribution < -0.4 is 9.47 Å². The highest BCUT2D eigenvalue weighted by atomic mass is 79.9. The molecule has 0 N–H and O–H groups in total. The predicted octanol–water partition coefficient (Wildman–Crippen LogP) is 2.51. The zero-order valence-corrected chi connectivity index (χ0v) is 17.7. The second kappa shape index (κ2) is 7.92. The predicted molar refractivity (Wildman–Crippen MR) is 106 cm³/mol. The van der Waals surface area contributed by atoms with Crippen LogP contribution >= 0.6 is 15.9 Å². The summed E-state index contributed by atoms with van der Waals surface area (Å²) in [6.07, 6.45) is 0. The van der Waals surface area contributed by atoms with Crippen LogP contribution in [0.4, 0.5) is 4.39 Å². The van der Waals surface area contributed by atoms with Gasteiger partial charge >= 0.3 is 0 Å². The van der Waals surface area contributed by atoms with Crippen molar-refractivity contribution in [3.05, 3.63) is 52.3 Å². The lowest BCUT2D eigenvalue weighted by molar-refractivity contribution is 0.0696. The molecule has 2 aromatic carbocycles. The summed E-state index contributed by atoms with van der Waals surface area (Å²) in [5.41, 5.74) is 0.216. The van der Waals surface area contributed by atoms with E-state index in [0.29, 0.717) is 29.2 Å². The topological polar surface area (TPSA) is 76.2 Å². The zero-order valence-electron chi connectivity index (χ0n) is 15.3. The highest BCUT2D eigenvalue weighted by Crippen LogP contribution is 2.33. The number of rotatable bonds is 3. The Hall–Kier alpha value is -2.17. The Labute approximate surface area is 176 Å². The van der Waals surface area contributed by atoms with Gasteiger partial charge in [-0.2, -0.15) is 4.31 Å². The molecule has 7 nitrogen and oxygen atoms in total. The maximum atomic E-state index is 13.5. The van der Waals surface area contributed by atoms with Crippen LogP contribution in [0.25, 0.3) is 0 Å². The molecule has 0 bridgehead atoms. The zero-order chi connectivity index (χ0) is 20.6. The van der Waals surface area contributed by atoms with Crippen molar-refractivity contribution in [3.63, 3.8) is 0 Å². The van der Waals surface area contributed by atoms with Gasteiger partial charge in [0.25, 0.3) is 5.91 Å². The molecule has 1 fully saturated rings. The SMILES string of the molecule is O=C(c1cc(F)ccc1Br)N1CCN(S(=O)(=O)c2ccc3c(c2)OCCO3)CC1. The molecule has 0 spiro atoms. The summed E-state index contributed by atoms with van der Waals surface area (Å²) in [6.45, 7) is 1.52. The first-order valence-electron chi connectivity index (χ1n) is 9.00. The minimum atomic E-state index is -3.73. The molecular weight excluding hydrogens is 467 g/mol. The lowest BCUT2D eigenvalue weighted by Gasteiger charge is -2.34. The van der Waals surface area contributed by atoms with Crippen LogP contribution in [-0.2, 0) is 10.0 Å². The van der Waals surface area contributed by atoms with Crippen molar-refractivity contribution in [2.45, 2.75) is 4.90 Å². The normalized spacial score (nSPS) is 17.2. The lowest BCUT2D eigenvalue weighted by Crippen LogP contribution is -2.50. The van der Waals surface area contributed by atoms with Gasteiger partial charge in [-0.15, -0.1) is 0 Å². The fourth-order valence-corrected chi connectivity index (χ4v) is 5.15. The maximum absolute atomic E-state index is 13.5. The molecule has 0 radical (unpaired) electrons. The quantitative estimate of drug-likeness (QED) is 0.668. The summed E-state index contributed by atoms with van der Waals surface area (Å²) < 4.78 is 52.2. The number of hydrogen-bond donors (Lipinski definition) is 0. The molecule has 29 heavy (non-hydrogen) atoms. The van der Waals surface area contributed by atoms with Crippen molar-refractivity contribution in [1.29, 1.82) is 0 Å². The van der Waals surface area contributed by atoms with E-state index in [9.17, 15) is 17.6 Å². The lowest BCUT2D eigenvalue weighted by atomic mass is 10.2. The average molecular weight is 485 g/mol. The number of nitrogens with zero attached hydrogens (tertiary/aromatic N) is 2. The fraction of sp³-hybridized carbons (Fsp3) is 0.316. The van der Waals surface area contributed by atoms with E-state index in [-0.39, 0.29) is 42.5 Å². The van der Waals surface area contributed by atoms with E-state index in [1.807, 2.05) is 0 Å².